The first-order valence-corrected chi connectivity index (χ1v) is 11.5. The number of halogens is 1. The van der Waals surface area contributed by atoms with Gasteiger partial charge in [0.2, 0.25) is 0 Å². The minimum atomic E-state index is -1.31. The van der Waals surface area contributed by atoms with E-state index in [0.717, 1.165) is 5.69 Å². The molecule has 166 valence electrons. The number of ether oxygens (including phenoxy) is 3. The number of carbonyl (C=O) groups excluding carboxylic acids is 2. The standard InChI is InChI=1S/C22H25ClN2O5S/c1-13(2)9-28-10-14-8-22(18(26)29-14)12-21(3,30-19(22)27)17-11-31-20(25-17)24-16-7-5-4-6-15(16)23/h4-7,11,13-14H,8-10,12H2,1-3H3,(H,24,25)/t14-,21-,22-/m0/s1. The highest BCUT2D eigenvalue weighted by Gasteiger charge is 2.65. The molecule has 0 aliphatic carbocycles. The Hall–Kier alpha value is -2.16. The number of para-hydroxylation sites is 1. The third kappa shape index (κ3) is 4.29. The zero-order valence-electron chi connectivity index (χ0n) is 17.6. The van der Waals surface area contributed by atoms with E-state index in [1.54, 1.807) is 13.0 Å². The van der Waals surface area contributed by atoms with E-state index in [-0.39, 0.29) is 19.4 Å². The third-order valence-corrected chi connectivity index (χ3v) is 6.59. The summed E-state index contributed by atoms with van der Waals surface area (Å²) in [5, 5.41) is 6.21. The maximum Gasteiger partial charge on any atom is 0.324 e. The lowest BCUT2D eigenvalue weighted by Crippen LogP contribution is -2.32. The highest BCUT2D eigenvalue weighted by molar-refractivity contribution is 7.13. The van der Waals surface area contributed by atoms with Crippen molar-refractivity contribution in [2.75, 3.05) is 18.5 Å². The van der Waals surface area contributed by atoms with Crippen LogP contribution in [0.2, 0.25) is 5.02 Å². The average molecular weight is 465 g/mol. The fourth-order valence-corrected chi connectivity index (χ4v) is 5.03. The first-order valence-electron chi connectivity index (χ1n) is 10.2. The molecule has 1 aromatic heterocycles. The summed E-state index contributed by atoms with van der Waals surface area (Å²) >= 11 is 7.58. The fraction of sp³-hybridized carbons (Fsp3) is 0.500. The first-order chi connectivity index (χ1) is 14.7. The van der Waals surface area contributed by atoms with Crippen LogP contribution >= 0.6 is 22.9 Å². The zero-order chi connectivity index (χ0) is 22.2. The van der Waals surface area contributed by atoms with Gasteiger partial charge in [-0.25, -0.2) is 4.98 Å². The molecule has 2 aliphatic rings. The molecule has 0 radical (unpaired) electrons. The van der Waals surface area contributed by atoms with Crippen molar-refractivity contribution >= 4 is 45.7 Å². The van der Waals surface area contributed by atoms with Crippen molar-refractivity contribution in [1.29, 1.82) is 0 Å². The highest BCUT2D eigenvalue weighted by atomic mass is 35.5. The van der Waals surface area contributed by atoms with Crippen LogP contribution in [0.5, 0.6) is 0 Å². The summed E-state index contributed by atoms with van der Waals surface area (Å²) in [5.41, 5.74) is -0.996. The number of hydrogen-bond donors (Lipinski definition) is 1. The second kappa shape index (κ2) is 8.41. The van der Waals surface area contributed by atoms with Gasteiger partial charge in [0.05, 0.1) is 23.0 Å². The molecule has 2 saturated heterocycles. The number of nitrogens with zero attached hydrogens (tertiary/aromatic N) is 1. The molecule has 4 rings (SSSR count). The second-order valence-corrected chi connectivity index (χ2v) is 9.95. The van der Waals surface area contributed by atoms with Crippen molar-refractivity contribution in [3.63, 3.8) is 0 Å². The first kappa shape index (κ1) is 22.0. The molecule has 2 aliphatic heterocycles. The van der Waals surface area contributed by atoms with Crippen LogP contribution < -0.4 is 5.32 Å². The van der Waals surface area contributed by atoms with Crippen molar-refractivity contribution in [3.8, 4) is 0 Å². The lowest BCUT2D eigenvalue weighted by molar-refractivity contribution is -0.160. The van der Waals surface area contributed by atoms with Crippen molar-refractivity contribution in [2.45, 2.75) is 45.3 Å². The summed E-state index contributed by atoms with van der Waals surface area (Å²) in [4.78, 5) is 30.1. The maximum absolute atomic E-state index is 12.8. The number of anilines is 2. The lowest BCUT2D eigenvalue weighted by Gasteiger charge is -2.20. The van der Waals surface area contributed by atoms with Gasteiger partial charge in [0, 0.05) is 24.8 Å². The van der Waals surface area contributed by atoms with Gasteiger partial charge in [-0.1, -0.05) is 37.6 Å². The fourth-order valence-electron chi connectivity index (χ4n) is 4.00. The van der Waals surface area contributed by atoms with Crippen LogP contribution in [0.3, 0.4) is 0 Å². The SMILES string of the molecule is CC(C)COC[C@@H]1C[C@]2(C[C@@](C)(c3csc(Nc4ccccc4Cl)n3)OC2=O)C(=O)O1. The number of nitrogens with one attached hydrogen (secondary N) is 1. The molecule has 2 aromatic rings. The van der Waals surface area contributed by atoms with Crippen LogP contribution in [0, 0.1) is 11.3 Å². The van der Waals surface area contributed by atoms with Gasteiger partial charge < -0.3 is 19.5 Å². The van der Waals surface area contributed by atoms with E-state index in [0.29, 0.717) is 28.4 Å². The number of carbonyl (C=O) groups is 2. The number of benzene rings is 1. The van der Waals surface area contributed by atoms with Crippen molar-refractivity contribution in [3.05, 3.63) is 40.4 Å². The maximum atomic E-state index is 12.8. The largest absolute Gasteiger partial charge is 0.459 e. The van der Waals surface area contributed by atoms with E-state index in [9.17, 15) is 9.59 Å². The Morgan fingerprint density at radius 1 is 1.32 bits per heavy atom. The van der Waals surface area contributed by atoms with E-state index in [1.807, 2.05) is 37.4 Å². The predicted molar refractivity (Wildman–Crippen MR) is 117 cm³/mol. The normalized spacial score (nSPS) is 27.7. The van der Waals surface area contributed by atoms with Crippen molar-refractivity contribution in [1.82, 2.24) is 4.98 Å². The quantitative estimate of drug-likeness (QED) is 0.470. The molecule has 3 heterocycles. The number of aromatic nitrogens is 1. The van der Waals surface area contributed by atoms with Crippen LogP contribution in [-0.2, 0) is 29.4 Å². The van der Waals surface area contributed by atoms with Gasteiger partial charge in [0.25, 0.3) is 0 Å². The van der Waals surface area contributed by atoms with Crippen LogP contribution in [0.4, 0.5) is 10.8 Å². The Balaban J connectivity index is 1.48. The third-order valence-electron chi connectivity index (χ3n) is 5.50. The number of rotatable bonds is 7. The van der Waals surface area contributed by atoms with Crippen molar-refractivity contribution < 1.29 is 23.8 Å². The molecule has 3 atom stereocenters. The van der Waals surface area contributed by atoms with Crippen molar-refractivity contribution in [2.24, 2.45) is 11.3 Å². The summed E-state index contributed by atoms with van der Waals surface area (Å²) in [6.45, 7) is 6.72. The number of hydrogen-bond acceptors (Lipinski definition) is 8. The van der Waals surface area contributed by atoms with Gasteiger partial charge in [-0.05, 0) is 25.0 Å². The van der Waals surface area contributed by atoms with Crippen LogP contribution in [0.25, 0.3) is 0 Å². The number of thiazole rings is 1. The topological polar surface area (TPSA) is 86.8 Å². The molecule has 0 unspecified atom stereocenters. The Morgan fingerprint density at radius 3 is 2.84 bits per heavy atom. The Labute approximate surface area is 190 Å². The van der Waals surface area contributed by atoms with E-state index in [4.69, 9.17) is 25.8 Å². The Bertz CT molecular complexity index is 996. The van der Waals surface area contributed by atoms with Gasteiger partial charge in [-0.3, -0.25) is 9.59 Å². The summed E-state index contributed by atoms with van der Waals surface area (Å²) in [6.07, 6.45) is -0.00470. The summed E-state index contributed by atoms with van der Waals surface area (Å²) in [7, 11) is 0. The predicted octanol–water partition coefficient (Wildman–Crippen LogP) is 4.68. The lowest BCUT2D eigenvalue weighted by atomic mass is 9.78. The molecular weight excluding hydrogens is 440 g/mol. The molecule has 1 N–H and O–H groups in total. The average Bonchev–Trinajstić information content (AvgIpc) is 3.36. The molecule has 9 heteroatoms. The summed E-state index contributed by atoms with van der Waals surface area (Å²) in [5.74, 6) is -0.715. The molecular formula is C22H25ClN2O5S. The van der Waals surface area contributed by atoms with E-state index in [1.165, 1.54) is 11.3 Å². The number of cyclic esters (lactones) is 2. The zero-order valence-corrected chi connectivity index (χ0v) is 19.2. The molecule has 1 spiro atoms. The van der Waals surface area contributed by atoms with Gasteiger partial charge in [0.1, 0.15) is 6.10 Å². The highest BCUT2D eigenvalue weighted by Crippen LogP contribution is 2.52. The van der Waals surface area contributed by atoms with Crippen LogP contribution in [0.1, 0.15) is 39.3 Å². The second-order valence-electron chi connectivity index (χ2n) is 8.68. The molecule has 0 amide bonds. The van der Waals surface area contributed by atoms with E-state index < -0.39 is 29.1 Å². The molecule has 7 nitrogen and oxygen atoms in total. The van der Waals surface area contributed by atoms with E-state index >= 15 is 0 Å². The molecule has 2 fully saturated rings. The monoisotopic (exact) mass is 464 g/mol. The molecule has 1 aromatic carbocycles. The van der Waals surface area contributed by atoms with Gasteiger partial charge in [-0.2, -0.15) is 0 Å². The van der Waals surface area contributed by atoms with Gasteiger partial charge in [0.15, 0.2) is 16.1 Å². The van der Waals surface area contributed by atoms with Crippen LogP contribution in [0.15, 0.2) is 29.6 Å². The Morgan fingerprint density at radius 2 is 2.10 bits per heavy atom. The Kier molecular flexibility index (Phi) is 5.98. The van der Waals surface area contributed by atoms with Gasteiger partial charge >= 0.3 is 11.9 Å². The van der Waals surface area contributed by atoms with E-state index in [2.05, 4.69) is 10.3 Å². The summed E-state index contributed by atoms with van der Waals surface area (Å²) in [6, 6.07) is 7.36. The smallest absolute Gasteiger partial charge is 0.324 e. The minimum Gasteiger partial charge on any atom is -0.459 e. The molecule has 0 bridgehead atoms. The molecule has 31 heavy (non-hydrogen) atoms. The minimum absolute atomic E-state index is 0.188. The van der Waals surface area contributed by atoms with Gasteiger partial charge in [-0.15, -0.1) is 11.3 Å². The summed E-state index contributed by atoms with van der Waals surface area (Å²) < 4.78 is 16.8. The molecule has 0 saturated carbocycles. The van der Waals surface area contributed by atoms with Crippen LogP contribution in [-0.4, -0.2) is 36.2 Å². The number of esters is 2.